The van der Waals surface area contributed by atoms with Crippen LogP contribution in [0.3, 0.4) is 0 Å². The van der Waals surface area contributed by atoms with Crippen molar-refractivity contribution in [3.63, 3.8) is 0 Å². The first-order valence-corrected chi connectivity index (χ1v) is 7.13. The molecule has 0 radical (unpaired) electrons. The second-order valence-electron chi connectivity index (χ2n) is 5.45. The number of rotatable bonds is 3. The van der Waals surface area contributed by atoms with E-state index in [2.05, 4.69) is 10.4 Å². The molecular weight excluding hydrogens is 316 g/mol. The number of nitrogens with one attached hydrogen (secondary N) is 1. The Hall–Kier alpha value is -3.09. The number of carbonyl (C=O) groups is 2. The van der Waals surface area contributed by atoms with Crippen LogP contribution in [0.4, 0.5) is 13.6 Å². The lowest BCUT2D eigenvalue weighted by Crippen LogP contribution is -2.40. The summed E-state index contributed by atoms with van der Waals surface area (Å²) in [6.45, 7) is 1.57. The Kier molecular flexibility index (Phi) is 3.84. The lowest BCUT2D eigenvalue weighted by molar-refractivity contribution is -0.131. The Balaban J connectivity index is 1.89. The molecule has 0 bridgehead atoms. The molecule has 1 N–H and O–H groups in total. The third-order valence-electron chi connectivity index (χ3n) is 3.80. The maximum atomic E-state index is 13.6. The maximum absolute atomic E-state index is 13.6. The van der Waals surface area contributed by atoms with Gasteiger partial charge in [-0.25, -0.2) is 13.6 Å². The number of carbonyl (C=O) groups excluding carboxylic acids is 2. The second kappa shape index (κ2) is 5.84. The molecule has 7 heteroatoms. The molecule has 3 amide bonds. The van der Waals surface area contributed by atoms with Gasteiger partial charge in [0.15, 0.2) is 0 Å². The number of benzene rings is 2. The fourth-order valence-corrected chi connectivity index (χ4v) is 2.42. The monoisotopic (exact) mass is 329 g/mol. The summed E-state index contributed by atoms with van der Waals surface area (Å²) in [5.41, 5.74) is -0.684. The van der Waals surface area contributed by atoms with Crippen LogP contribution >= 0.6 is 0 Å². The number of urea groups is 1. The molecule has 0 saturated carbocycles. The van der Waals surface area contributed by atoms with E-state index >= 15 is 0 Å². The smallest absolute Gasteiger partial charge is 0.318 e. The third-order valence-corrected chi connectivity index (χ3v) is 3.80. The van der Waals surface area contributed by atoms with E-state index < -0.39 is 29.1 Å². The molecule has 0 spiro atoms. The predicted octanol–water partition coefficient (Wildman–Crippen LogP) is 2.77. The summed E-state index contributed by atoms with van der Waals surface area (Å²) in [5.74, 6) is -2.15. The lowest BCUT2D eigenvalue weighted by Gasteiger charge is -2.20. The van der Waals surface area contributed by atoms with Crippen molar-refractivity contribution < 1.29 is 18.4 Å². The summed E-state index contributed by atoms with van der Waals surface area (Å²) in [5, 5.41) is 6.96. The van der Waals surface area contributed by atoms with Gasteiger partial charge in [-0.1, -0.05) is 30.3 Å². The number of halogens is 2. The van der Waals surface area contributed by atoms with E-state index in [0.717, 1.165) is 12.3 Å². The van der Waals surface area contributed by atoms with E-state index in [0.29, 0.717) is 16.6 Å². The fraction of sp³-hybridized carbons (Fsp3) is 0.118. The van der Waals surface area contributed by atoms with Crippen LogP contribution in [0.15, 0.2) is 53.6 Å². The lowest BCUT2D eigenvalue weighted by atomic mass is 9.92. The van der Waals surface area contributed by atoms with E-state index in [4.69, 9.17) is 0 Å². The van der Waals surface area contributed by atoms with Crippen LogP contribution in [0.1, 0.15) is 18.1 Å². The average molecular weight is 329 g/mol. The molecule has 2 aromatic rings. The standard InChI is InChI=1S/C17H13F2N3O2/c1-17(12-5-3-2-4-6-12)15(23)22(16(24)21-17)20-10-11-7-8-13(18)9-14(11)19/h2-10H,1H3,(H,21,24)/b20-10-/t17-/m1/s1. The average Bonchev–Trinajstić information content (AvgIpc) is 2.78. The summed E-state index contributed by atoms with van der Waals surface area (Å²) in [7, 11) is 0. The van der Waals surface area contributed by atoms with Gasteiger partial charge in [0.05, 0.1) is 6.21 Å². The predicted molar refractivity (Wildman–Crippen MR) is 83.1 cm³/mol. The fourth-order valence-electron chi connectivity index (χ4n) is 2.42. The van der Waals surface area contributed by atoms with Gasteiger partial charge in [0.25, 0.3) is 5.91 Å². The molecule has 1 atom stereocenters. The van der Waals surface area contributed by atoms with Crippen molar-refractivity contribution in [2.75, 3.05) is 0 Å². The van der Waals surface area contributed by atoms with E-state index in [1.807, 2.05) is 0 Å². The zero-order valence-electron chi connectivity index (χ0n) is 12.7. The van der Waals surface area contributed by atoms with Crippen molar-refractivity contribution in [1.29, 1.82) is 0 Å². The molecule has 0 aliphatic carbocycles. The summed E-state index contributed by atoms with van der Waals surface area (Å²) < 4.78 is 26.5. The quantitative estimate of drug-likeness (QED) is 0.695. The highest BCUT2D eigenvalue weighted by Crippen LogP contribution is 2.28. The molecule has 122 valence electrons. The van der Waals surface area contributed by atoms with Crippen LogP contribution in [0.25, 0.3) is 0 Å². The molecule has 5 nitrogen and oxygen atoms in total. The zero-order valence-corrected chi connectivity index (χ0v) is 12.7. The molecule has 1 fully saturated rings. The van der Waals surface area contributed by atoms with Gasteiger partial charge in [-0.15, -0.1) is 5.01 Å². The highest BCUT2D eigenvalue weighted by molar-refractivity contribution is 6.07. The highest BCUT2D eigenvalue weighted by atomic mass is 19.1. The van der Waals surface area contributed by atoms with Crippen molar-refractivity contribution >= 4 is 18.2 Å². The van der Waals surface area contributed by atoms with Gasteiger partial charge in [0.1, 0.15) is 17.2 Å². The van der Waals surface area contributed by atoms with Crippen LogP contribution in [-0.2, 0) is 10.3 Å². The Bertz CT molecular complexity index is 839. The van der Waals surface area contributed by atoms with Crippen molar-refractivity contribution in [1.82, 2.24) is 10.3 Å². The molecule has 24 heavy (non-hydrogen) atoms. The number of hydrogen-bond donors (Lipinski definition) is 1. The minimum atomic E-state index is -1.25. The molecular formula is C17H13F2N3O2. The normalized spacial score (nSPS) is 20.7. The van der Waals surface area contributed by atoms with Crippen LogP contribution in [0, 0.1) is 11.6 Å². The Labute approximate surface area is 136 Å². The van der Waals surface area contributed by atoms with Gasteiger partial charge in [-0.3, -0.25) is 4.79 Å². The Morgan fingerprint density at radius 3 is 2.50 bits per heavy atom. The van der Waals surface area contributed by atoms with Crippen LogP contribution in [0.5, 0.6) is 0 Å². The largest absolute Gasteiger partial charge is 0.346 e. The summed E-state index contributed by atoms with van der Waals surface area (Å²) in [4.78, 5) is 24.6. The minimum absolute atomic E-state index is 0.0367. The van der Waals surface area contributed by atoms with Gasteiger partial charge in [0.2, 0.25) is 0 Å². The minimum Gasteiger partial charge on any atom is -0.318 e. The van der Waals surface area contributed by atoms with Crippen molar-refractivity contribution in [3.05, 3.63) is 71.3 Å². The van der Waals surface area contributed by atoms with Crippen LogP contribution < -0.4 is 5.32 Å². The van der Waals surface area contributed by atoms with Gasteiger partial charge in [0, 0.05) is 11.6 Å². The maximum Gasteiger partial charge on any atom is 0.346 e. The first-order chi connectivity index (χ1) is 11.4. The van der Waals surface area contributed by atoms with Gasteiger partial charge < -0.3 is 5.32 Å². The number of amides is 3. The number of imide groups is 1. The zero-order chi connectivity index (χ0) is 17.3. The molecule has 3 rings (SSSR count). The van der Waals surface area contributed by atoms with Crippen molar-refractivity contribution in [3.8, 4) is 0 Å². The van der Waals surface area contributed by atoms with Crippen molar-refractivity contribution in [2.45, 2.75) is 12.5 Å². The molecule has 0 aromatic heterocycles. The van der Waals surface area contributed by atoms with Gasteiger partial charge in [-0.05, 0) is 24.6 Å². The molecule has 1 aliphatic rings. The van der Waals surface area contributed by atoms with Crippen LogP contribution in [0.2, 0.25) is 0 Å². The van der Waals surface area contributed by atoms with Gasteiger partial charge >= 0.3 is 6.03 Å². The summed E-state index contributed by atoms with van der Waals surface area (Å²) >= 11 is 0. The number of hydrazone groups is 1. The summed E-state index contributed by atoms with van der Waals surface area (Å²) in [6, 6.07) is 10.9. The number of nitrogens with zero attached hydrogens (tertiary/aromatic N) is 2. The molecule has 2 aromatic carbocycles. The summed E-state index contributed by atoms with van der Waals surface area (Å²) in [6.07, 6.45) is 1.00. The highest BCUT2D eigenvalue weighted by Gasteiger charge is 2.49. The second-order valence-corrected chi connectivity index (χ2v) is 5.45. The van der Waals surface area contributed by atoms with E-state index in [1.54, 1.807) is 37.3 Å². The van der Waals surface area contributed by atoms with Crippen LogP contribution in [-0.4, -0.2) is 23.2 Å². The first-order valence-electron chi connectivity index (χ1n) is 7.13. The Morgan fingerprint density at radius 1 is 1.12 bits per heavy atom. The van der Waals surface area contributed by atoms with Crippen molar-refractivity contribution in [2.24, 2.45) is 5.10 Å². The topological polar surface area (TPSA) is 61.8 Å². The number of hydrogen-bond acceptors (Lipinski definition) is 3. The SMILES string of the molecule is C[C@]1(c2ccccc2)NC(=O)N(/N=C\c2ccc(F)cc2F)C1=O. The molecule has 1 saturated heterocycles. The molecule has 0 unspecified atom stereocenters. The van der Waals surface area contributed by atoms with E-state index in [1.165, 1.54) is 6.07 Å². The van der Waals surface area contributed by atoms with E-state index in [9.17, 15) is 18.4 Å². The van der Waals surface area contributed by atoms with E-state index in [-0.39, 0.29) is 5.56 Å². The third kappa shape index (κ3) is 2.64. The van der Waals surface area contributed by atoms with Gasteiger partial charge in [-0.2, -0.15) is 5.10 Å². The first kappa shape index (κ1) is 15.8. The molecule has 1 heterocycles. The molecule has 1 aliphatic heterocycles. The Morgan fingerprint density at radius 2 is 1.83 bits per heavy atom.